The van der Waals surface area contributed by atoms with Gasteiger partial charge in [-0.1, -0.05) is 17.7 Å². The lowest BCUT2D eigenvalue weighted by molar-refractivity contribution is 0.0490. The van der Waals surface area contributed by atoms with Gasteiger partial charge in [-0.25, -0.2) is 4.79 Å². The highest BCUT2D eigenvalue weighted by Gasteiger charge is 2.32. The third-order valence-corrected chi connectivity index (χ3v) is 4.22. The van der Waals surface area contributed by atoms with Crippen molar-refractivity contribution in [2.75, 3.05) is 18.4 Å². The summed E-state index contributed by atoms with van der Waals surface area (Å²) in [6.45, 7) is 4.87. The first-order valence-corrected chi connectivity index (χ1v) is 7.89. The molecule has 1 aliphatic heterocycles. The molecule has 0 saturated carbocycles. The zero-order valence-electron chi connectivity index (χ0n) is 14.1. The number of hydrogen-bond donors (Lipinski definition) is 1. The Morgan fingerprint density at radius 2 is 1.83 bits per heavy atom. The Labute approximate surface area is 140 Å². The van der Waals surface area contributed by atoms with Crippen molar-refractivity contribution < 1.29 is 9.53 Å². The highest BCUT2D eigenvalue weighted by Crippen LogP contribution is 2.19. The van der Waals surface area contributed by atoms with Crippen molar-refractivity contribution >= 4 is 11.7 Å². The zero-order chi connectivity index (χ0) is 17.3. The average molecular weight is 327 g/mol. The molecule has 0 atom stereocenters. The molecule has 1 N–H and O–H groups in total. The molecule has 2 amide bonds. The first-order chi connectivity index (χ1) is 11.4. The number of amides is 2. The number of nitrogens with zero attached hydrogens (tertiary/aromatic N) is 2. The van der Waals surface area contributed by atoms with Crippen LogP contribution < -0.4 is 15.6 Å². The summed E-state index contributed by atoms with van der Waals surface area (Å²) in [5.41, 5.74) is 2.66. The van der Waals surface area contributed by atoms with Gasteiger partial charge in [-0.3, -0.25) is 4.79 Å². The number of pyridine rings is 1. The third kappa shape index (κ3) is 3.42. The summed E-state index contributed by atoms with van der Waals surface area (Å²) >= 11 is 0. The number of hydrogen-bond acceptors (Lipinski definition) is 3. The molecule has 1 fully saturated rings. The summed E-state index contributed by atoms with van der Waals surface area (Å²) in [5.74, 6) is 0.555. The van der Waals surface area contributed by atoms with Crippen LogP contribution in [0, 0.1) is 13.8 Å². The van der Waals surface area contributed by atoms with Crippen LogP contribution in [-0.2, 0) is 7.05 Å². The van der Waals surface area contributed by atoms with E-state index in [9.17, 15) is 9.59 Å². The molecule has 0 aliphatic carbocycles. The molecule has 0 unspecified atom stereocenters. The predicted octanol–water partition coefficient (Wildman–Crippen LogP) is 2.30. The lowest BCUT2D eigenvalue weighted by Gasteiger charge is -2.38. The van der Waals surface area contributed by atoms with E-state index in [2.05, 4.69) is 5.32 Å². The first kappa shape index (κ1) is 16.1. The molecule has 6 nitrogen and oxygen atoms in total. The number of aryl methyl sites for hydroxylation is 2. The summed E-state index contributed by atoms with van der Waals surface area (Å²) in [6.07, 6.45) is -0.0831. The molecule has 0 bridgehead atoms. The van der Waals surface area contributed by atoms with Gasteiger partial charge in [0.05, 0.1) is 13.1 Å². The molecule has 126 valence electrons. The monoisotopic (exact) mass is 327 g/mol. The van der Waals surface area contributed by atoms with E-state index in [1.807, 2.05) is 44.2 Å². The van der Waals surface area contributed by atoms with E-state index in [1.165, 1.54) is 6.07 Å². The van der Waals surface area contributed by atoms with Gasteiger partial charge >= 0.3 is 6.03 Å². The van der Waals surface area contributed by atoms with Crippen molar-refractivity contribution in [3.63, 3.8) is 0 Å². The number of anilines is 1. The SMILES string of the molecule is Cc1ccc(NC(=O)N2CC(Oc3cc(C)n(C)c(=O)c3)C2)cc1. The van der Waals surface area contributed by atoms with Crippen molar-refractivity contribution in [3.8, 4) is 5.75 Å². The number of ether oxygens (including phenoxy) is 1. The molecule has 1 aromatic heterocycles. The Balaban J connectivity index is 1.53. The Morgan fingerprint density at radius 1 is 1.17 bits per heavy atom. The number of nitrogens with one attached hydrogen (secondary N) is 1. The summed E-state index contributed by atoms with van der Waals surface area (Å²) in [4.78, 5) is 25.6. The molecule has 0 spiro atoms. The highest BCUT2D eigenvalue weighted by atomic mass is 16.5. The molecule has 24 heavy (non-hydrogen) atoms. The fraction of sp³-hybridized carbons (Fsp3) is 0.333. The molecule has 2 heterocycles. The van der Waals surface area contributed by atoms with Crippen LogP contribution in [-0.4, -0.2) is 34.7 Å². The number of rotatable bonds is 3. The minimum absolute atomic E-state index is 0.0831. The van der Waals surface area contributed by atoms with Crippen LogP contribution in [0.2, 0.25) is 0 Å². The highest BCUT2D eigenvalue weighted by molar-refractivity contribution is 5.89. The molecular weight excluding hydrogens is 306 g/mol. The summed E-state index contributed by atoms with van der Waals surface area (Å²) in [6, 6.07) is 10.8. The van der Waals surface area contributed by atoms with Crippen LogP contribution in [0.1, 0.15) is 11.3 Å². The van der Waals surface area contributed by atoms with Gasteiger partial charge in [0.2, 0.25) is 0 Å². The minimum atomic E-state index is -0.140. The third-order valence-electron chi connectivity index (χ3n) is 4.22. The second kappa shape index (κ2) is 6.39. The Bertz CT molecular complexity index is 805. The molecule has 0 radical (unpaired) electrons. The summed E-state index contributed by atoms with van der Waals surface area (Å²) in [7, 11) is 1.72. The van der Waals surface area contributed by atoms with Crippen molar-refractivity contribution in [1.29, 1.82) is 0 Å². The Morgan fingerprint density at radius 3 is 2.46 bits per heavy atom. The van der Waals surface area contributed by atoms with Crippen LogP contribution in [0.4, 0.5) is 10.5 Å². The van der Waals surface area contributed by atoms with Gasteiger partial charge < -0.3 is 19.5 Å². The standard InChI is InChI=1S/C18H21N3O3/c1-12-4-6-14(7-5-12)19-18(23)21-10-16(11-21)24-15-8-13(2)20(3)17(22)9-15/h4-9,16H,10-11H2,1-3H3,(H,19,23). The maximum absolute atomic E-state index is 12.1. The molecule has 1 aromatic carbocycles. The Hall–Kier alpha value is -2.76. The van der Waals surface area contributed by atoms with Crippen LogP contribution in [0.25, 0.3) is 0 Å². The zero-order valence-corrected chi connectivity index (χ0v) is 14.1. The van der Waals surface area contributed by atoms with E-state index in [0.717, 1.165) is 16.9 Å². The minimum Gasteiger partial charge on any atom is -0.486 e. The number of urea groups is 1. The van der Waals surface area contributed by atoms with E-state index in [4.69, 9.17) is 4.74 Å². The van der Waals surface area contributed by atoms with Gasteiger partial charge in [0.25, 0.3) is 5.56 Å². The molecule has 1 saturated heterocycles. The van der Waals surface area contributed by atoms with Crippen LogP contribution in [0.3, 0.4) is 0 Å². The van der Waals surface area contributed by atoms with Crippen molar-refractivity contribution in [2.24, 2.45) is 7.05 Å². The molecule has 3 rings (SSSR count). The predicted molar refractivity (Wildman–Crippen MR) is 92.6 cm³/mol. The molecular formula is C18H21N3O3. The Kier molecular flexibility index (Phi) is 4.29. The molecule has 2 aromatic rings. The number of benzene rings is 1. The maximum Gasteiger partial charge on any atom is 0.322 e. The van der Waals surface area contributed by atoms with Crippen molar-refractivity contribution in [1.82, 2.24) is 9.47 Å². The van der Waals surface area contributed by atoms with Gasteiger partial charge in [0.15, 0.2) is 0 Å². The van der Waals surface area contributed by atoms with Gasteiger partial charge in [-0.15, -0.1) is 0 Å². The average Bonchev–Trinajstić information content (AvgIpc) is 2.50. The van der Waals surface area contributed by atoms with Gasteiger partial charge in [0.1, 0.15) is 11.9 Å². The quantitative estimate of drug-likeness (QED) is 0.941. The second-order valence-corrected chi connectivity index (χ2v) is 6.17. The first-order valence-electron chi connectivity index (χ1n) is 7.89. The number of carbonyl (C=O) groups excluding carboxylic acids is 1. The summed E-state index contributed by atoms with van der Waals surface area (Å²) < 4.78 is 7.34. The van der Waals surface area contributed by atoms with Gasteiger partial charge in [0, 0.05) is 24.5 Å². The smallest absolute Gasteiger partial charge is 0.322 e. The van der Waals surface area contributed by atoms with Crippen LogP contribution >= 0.6 is 0 Å². The molecule has 1 aliphatic rings. The van der Waals surface area contributed by atoms with E-state index < -0.39 is 0 Å². The lowest BCUT2D eigenvalue weighted by atomic mass is 10.2. The van der Waals surface area contributed by atoms with Crippen molar-refractivity contribution in [3.05, 3.63) is 58.0 Å². The van der Waals surface area contributed by atoms with Crippen LogP contribution in [0.5, 0.6) is 5.75 Å². The van der Waals surface area contributed by atoms with E-state index >= 15 is 0 Å². The molecule has 6 heteroatoms. The number of carbonyl (C=O) groups is 1. The maximum atomic E-state index is 12.1. The fourth-order valence-electron chi connectivity index (χ4n) is 2.52. The van der Waals surface area contributed by atoms with E-state index in [0.29, 0.717) is 18.8 Å². The van der Waals surface area contributed by atoms with E-state index in [1.54, 1.807) is 16.5 Å². The number of aromatic nitrogens is 1. The van der Waals surface area contributed by atoms with Gasteiger partial charge in [-0.05, 0) is 32.0 Å². The fourth-order valence-corrected chi connectivity index (χ4v) is 2.52. The van der Waals surface area contributed by atoms with Crippen LogP contribution in [0.15, 0.2) is 41.2 Å². The topological polar surface area (TPSA) is 63.6 Å². The lowest BCUT2D eigenvalue weighted by Crippen LogP contribution is -2.57. The van der Waals surface area contributed by atoms with Gasteiger partial charge in [-0.2, -0.15) is 0 Å². The normalized spacial score (nSPS) is 14.2. The van der Waals surface area contributed by atoms with Crippen molar-refractivity contribution in [2.45, 2.75) is 20.0 Å². The number of likely N-dealkylation sites (tertiary alicyclic amines) is 1. The largest absolute Gasteiger partial charge is 0.486 e. The second-order valence-electron chi connectivity index (χ2n) is 6.17. The van der Waals surface area contributed by atoms with E-state index in [-0.39, 0.29) is 17.7 Å². The summed E-state index contributed by atoms with van der Waals surface area (Å²) in [5, 5.41) is 2.86.